The fraction of sp³-hybridized carbons (Fsp3) is 0.200. The van der Waals surface area contributed by atoms with Crippen LogP contribution in [0.5, 0.6) is 0 Å². The molecule has 0 saturated heterocycles. The summed E-state index contributed by atoms with van der Waals surface area (Å²) in [6, 6.07) is 11.4. The van der Waals surface area contributed by atoms with Gasteiger partial charge in [0, 0.05) is 17.3 Å². The fourth-order valence-electron chi connectivity index (χ4n) is 1.81. The van der Waals surface area contributed by atoms with E-state index in [2.05, 4.69) is 22.9 Å². The lowest BCUT2D eigenvalue weighted by Gasteiger charge is -2.13. The molecule has 2 rings (SSSR count). The minimum absolute atomic E-state index is 0.00303. The van der Waals surface area contributed by atoms with E-state index in [1.165, 1.54) is 0 Å². The van der Waals surface area contributed by atoms with Gasteiger partial charge < -0.3 is 5.32 Å². The first-order valence-corrected chi connectivity index (χ1v) is 6.57. The van der Waals surface area contributed by atoms with Gasteiger partial charge in [-0.3, -0.25) is 9.78 Å². The van der Waals surface area contributed by atoms with Crippen LogP contribution in [-0.4, -0.2) is 10.9 Å². The average molecular weight is 272 g/mol. The molecule has 0 fully saturated rings. The summed E-state index contributed by atoms with van der Waals surface area (Å²) in [6.07, 6.45) is 3.86. The molecular weight excluding hydrogens is 256 g/mol. The molecule has 1 aromatic carbocycles. The Bertz CT molecular complexity index is 540. The molecule has 1 amide bonds. The van der Waals surface area contributed by atoms with Crippen LogP contribution in [0.1, 0.15) is 24.1 Å². The van der Waals surface area contributed by atoms with Gasteiger partial charge in [-0.15, -0.1) is 12.6 Å². The van der Waals surface area contributed by atoms with Gasteiger partial charge in [-0.25, -0.2) is 0 Å². The summed E-state index contributed by atoms with van der Waals surface area (Å²) >= 11 is 4.22. The fourth-order valence-corrected chi connectivity index (χ4v) is 1.96. The van der Waals surface area contributed by atoms with Crippen molar-refractivity contribution in [2.75, 3.05) is 0 Å². The highest BCUT2D eigenvalue weighted by atomic mass is 32.1. The molecule has 4 heteroatoms. The van der Waals surface area contributed by atoms with E-state index in [4.69, 9.17) is 0 Å². The van der Waals surface area contributed by atoms with Gasteiger partial charge in [-0.2, -0.15) is 0 Å². The molecule has 1 unspecified atom stereocenters. The summed E-state index contributed by atoms with van der Waals surface area (Å²) in [5.74, 6) is 0.00303. The quantitative estimate of drug-likeness (QED) is 0.840. The molecule has 0 spiro atoms. The highest BCUT2D eigenvalue weighted by Gasteiger charge is 2.09. The second-order valence-corrected chi connectivity index (χ2v) is 4.94. The van der Waals surface area contributed by atoms with Crippen LogP contribution >= 0.6 is 12.6 Å². The monoisotopic (exact) mass is 272 g/mol. The number of hydrogen-bond donors (Lipinski definition) is 2. The maximum atomic E-state index is 11.9. The Morgan fingerprint density at radius 1 is 1.32 bits per heavy atom. The number of rotatable bonds is 4. The van der Waals surface area contributed by atoms with E-state index in [0.717, 1.165) is 16.0 Å². The molecule has 2 aromatic rings. The number of carbonyl (C=O) groups is 1. The third-order valence-electron chi connectivity index (χ3n) is 2.86. The number of carbonyl (C=O) groups excluding carboxylic acids is 1. The summed E-state index contributed by atoms with van der Waals surface area (Å²) in [6.45, 7) is 1.95. The molecule has 98 valence electrons. The number of amides is 1. The van der Waals surface area contributed by atoms with Gasteiger partial charge in [0.1, 0.15) is 0 Å². The summed E-state index contributed by atoms with van der Waals surface area (Å²) in [4.78, 5) is 16.9. The van der Waals surface area contributed by atoms with Gasteiger partial charge in [0.25, 0.3) is 0 Å². The average Bonchev–Trinajstić information content (AvgIpc) is 2.42. The largest absolute Gasteiger partial charge is 0.349 e. The van der Waals surface area contributed by atoms with Crippen LogP contribution in [0.2, 0.25) is 0 Å². The molecule has 3 nitrogen and oxygen atoms in total. The van der Waals surface area contributed by atoms with Crippen molar-refractivity contribution in [3.8, 4) is 0 Å². The molecule has 0 aliphatic heterocycles. The van der Waals surface area contributed by atoms with Gasteiger partial charge in [-0.1, -0.05) is 18.2 Å². The number of aromatic nitrogens is 1. The predicted octanol–water partition coefficient (Wildman–Crippen LogP) is 2.79. The third kappa shape index (κ3) is 4.10. The number of nitrogens with one attached hydrogen (secondary N) is 1. The number of pyridine rings is 1. The standard InChI is InChI=1S/C15H16N2OS/c1-11(13-3-2-8-16-10-13)17-15(18)9-12-4-6-14(19)7-5-12/h2-8,10-11,19H,9H2,1H3,(H,17,18). The van der Waals surface area contributed by atoms with Crippen LogP contribution in [-0.2, 0) is 11.2 Å². The predicted molar refractivity (Wildman–Crippen MR) is 78.2 cm³/mol. The Morgan fingerprint density at radius 3 is 2.68 bits per heavy atom. The molecule has 0 radical (unpaired) electrons. The minimum atomic E-state index is -0.0367. The molecule has 0 aliphatic rings. The van der Waals surface area contributed by atoms with Crippen molar-refractivity contribution < 1.29 is 4.79 Å². The molecule has 1 aromatic heterocycles. The second-order valence-electron chi connectivity index (χ2n) is 4.42. The van der Waals surface area contributed by atoms with Crippen molar-refractivity contribution in [2.24, 2.45) is 0 Å². The smallest absolute Gasteiger partial charge is 0.224 e. The van der Waals surface area contributed by atoms with E-state index in [1.54, 1.807) is 12.4 Å². The Kier molecular flexibility index (Phi) is 4.58. The normalized spacial score (nSPS) is 11.9. The maximum Gasteiger partial charge on any atom is 0.224 e. The van der Waals surface area contributed by atoms with E-state index in [1.807, 2.05) is 43.3 Å². The lowest BCUT2D eigenvalue weighted by molar-refractivity contribution is -0.121. The Labute approximate surface area is 118 Å². The van der Waals surface area contributed by atoms with Crippen molar-refractivity contribution in [1.29, 1.82) is 0 Å². The van der Waals surface area contributed by atoms with Crippen molar-refractivity contribution in [3.63, 3.8) is 0 Å². The molecule has 0 bridgehead atoms. The number of hydrogen-bond acceptors (Lipinski definition) is 3. The third-order valence-corrected chi connectivity index (χ3v) is 3.16. The zero-order valence-electron chi connectivity index (χ0n) is 10.7. The van der Waals surface area contributed by atoms with Crippen molar-refractivity contribution in [2.45, 2.75) is 24.3 Å². The van der Waals surface area contributed by atoms with E-state index in [9.17, 15) is 4.79 Å². The summed E-state index contributed by atoms with van der Waals surface area (Å²) in [5.41, 5.74) is 1.98. The van der Waals surface area contributed by atoms with Crippen molar-refractivity contribution in [3.05, 3.63) is 59.9 Å². The van der Waals surface area contributed by atoms with Crippen LogP contribution in [0.15, 0.2) is 53.7 Å². The minimum Gasteiger partial charge on any atom is -0.349 e. The summed E-state index contributed by atoms with van der Waals surface area (Å²) in [5, 5.41) is 2.96. The first kappa shape index (κ1) is 13.6. The zero-order valence-corrected chi connectivity index (χ0v) is 11.6. The molecule has 1 N–H and O–H groups in total. The van der Waals surface area contributed by atoms with Crippen molar-refractivity contribution >= 4 is 18.5 Å². The molecule has 0 aliphatic carbocycles. The number of thiol groups is 1. The number of benzene rings is 1. The van der Waals surface area contributed by atoms with E-state index in [0.29, 0.717) is 6.42 Å². The van der Waals surface area contributed by atoms with Crippen molar-refractivity contribution in [1.82, 2.24) is 10.3 Å². The van der Waals surface area contributed by atoms with Gasteiger partial charge in [-0.05, 0) is 36.2 Å². The first-order valence-electron chi connectivity index (χ1n) is 6.12. The van der Waals surface area contributed by atoms with Gasteiger partial charge in [0.15, 0.2) is 0 Å². The van der Waals surface area contributed by atoms with Crippen LogP contribution < -0.4 is 5.32 Å². The lowest BCUT2D eigenvalue weighted by atomic mass is 10.1. The van der Waals surface area contributed by atoms with Crippen LogP contribution in [0.4, 0.5) is 0 Å². The second kappa shape index (κ2) is 6.38. The Balaban J connectivity index is 1.93. The summed E-state index contributed by atoms with van der Waals surface area (Å²) < 4.78 is 0. The van der Waals surface area contributed by atoms with Crippen LogP contribution in [0.25, 0.3) is 0 Å². The van der Waals surface area contributed by atoms with E-state index >= 15 is 0 Å². The van der Waals surface area contributed by atoms with Gasteiger partial charge in [0.05, 0.1) is 12.5 Å². The van der Waals surface area contributed by atoms with Crippen LogP contribution in [0.3, 0.4) is 0 Å². The zero-order chi connectivity index (χ0) is 13.7. The highest BCUT2D eigenvalue weighted by molar-refractivity contribution is 7.80. The molecule has 19 heavy (non-hydrogen) atoms. The molecule has 1 atom stereocenters. The van der Waals surface area contributed by atoms with E-state index in [-0.39, 0.29) is 11.9 Å². The molecule has 0 saturated carbocycles. The molecule has 1 heterocycles. The first-order chi connectivity index (χ1) is 9.15. The molecular formula is C15H16N2OS. The lowest BCUT2D eigenvalue weighted by Crippen LogP contribution is -2.28. The van der Waals surface area contributed by atoms with Gasteiger partial charge in [0.2, 0.25) is 5.91 Å². The Hall–Kier alpha value is -1.81. The highest BCUT2D eigenvalue weighted by Crippen LogP contribution is 2.11. The maximum absolute atomic E-state index is 11.9. The van der Waals surface area contributed by atoms with Crippen LogP contribution in [0, 0.1) is 0 Å². The topological polar surface area (TPSA) is 42.0 Å². The Morgan fingerprint density at radius 2 is 2.05 bits per heavy atom. The number of nitrogens with zero attached hydrogens (tertiary/aromatic N) is 1. The van der Waals surface area contributed by atoms with E-state index < -0.39 is 0 Å². The van der Waals surface area contributed by atoms with Gasteiger partial charge >= 0.3 is 0 Å². The summed E-state index contributed by atoms with van der Waals surface area (Å²) in [7, 11) is 0. The SMILES string of the molecule is CC(NC(=O)Cc1ccc(S)cc1)c1cccnc1.